The Morgan fingerprint density at radius 3 is 1.73 bits per heavy atom. The van der Waals surface area contributed by atoms with Crippen LogP contribution in [0.5, 0.6) is 0 Å². The number of carbonyl (C=O) groups excluding carboxylic acids is 1. The maximum Gasteiger partial charge on any atom is 0.209 e. The van der Waals surface area contributed by atoms with Gasteiger partial charge >= 0.3 is 0 Å². The molecule has 1 N–H and O–H groups in total. The molecule has 66 valence electrons. The zero-order valence-corrected chi connectivity index (χ0v) is 7.53. The highest BCUT2D eigenvalue weighted by atomic mass is 16.2. The van der Waals surface area contributed by atoms with Crippen LogP contribution < -0.4 is 0 Å². The third-order valence-corrected chi connectivity index (χ3v) is 0.211. The Kier molecular flexibility index (Phi) is 34.6. The van der Waals surface area contributed by atoms with E-state index >= 15 is 0 Å². The Balaban J connectivity index is -0.0000000933. The molecule has 4 heteroatoms. The van der Waals surface area contributed by atoms with Crippen molar-refractivity contribution < 1.29 is 9.90 Å². The van der Waals surface area contributed by atoms with Gasteiger partial charge in [-0.2, -0.15) is 5.26 Å². The van der Waals surface area contributed by atoms with Gasteiger partial charge in [-0.1, -0.05) is 0 Å². The van der Waals surface area contributed by atoms with Crippen molar-refractivity contribution in [1.29, 1.82) is 5.26 Å². The summed E-state index contributed by atoms with van der Waals surface area (Å²) in [6.45, 7) is 3.36. The largest absolute Gasteiger partial charge is 0.397 e. The van der Waals surface area contributed by atoms with Crippen LogP contribution in [0.25, 0.3) is 0 Å². The van der Waals surface area contributed by atoms with E-state index in [9.17, 15) is 4.79 Å². The molecule has 0 aliphatic carbocycles. The number of amides is 1. The van der Waals surface area contributed by atoms with Crippen molar-refractivity contribution in [1.82, 2.24) is 4.90 Å². The predicted molar refractivity (Wildman–Crippen MR) is 43.8 cm³/mol. The van der Waals surface area contributed by atoms with E-state index in [0.717, 1.165) is 6.41 Å². The molecule has 0 radical (unpaired) electrons. The minimum atomic E-state index is 0.250. The first-order valence-corrected chi connectivity index (χ1v) is 3.14. The highest BCUT2D eigenvalue weighted by Gasteiger charge is 1.68. The van der Waals surface area contributed by atoms with Crippen LogP contribution in [0.2, 0.25) is 0 Å². The second-order valence-corrected chi connectivity index (χ2v) is 1.61. The third-order valence-electron chi connectivity index (χ3n) is 0.211. The van der Waals surface area contributed by atoms with Crippen LogP contribution in [0.15, 0.2) is 0 Å². The molecule has 0 spiro atoms. The van der Waals surface area contributed by atoms with Crippen molar-refractivity contribution in [2.24, 2.45) is 0 Å². The lowest BCUT2D eigenvalue weighted by Gasteiger charge is -1.93. The molecule has 0 unspecified atom stereocenters. The molecule has 4 nitrogen and oxygen atoms in total. The van der Waals surface area contributed by atoms with Gasteiger partial charge in [0.2, 0.25) is 6.41 Å². The van der Waals surface area contributed by atoms with E-state index in [1.54, 1.807) is 27.1 Å². The van der Waals surface area contributed by atoms with E-state index in [1.807, 2.05) is 0 Å². The second-order valence-electron chi connectivity index (χ2n) is 1.61. The molecule has 0 fully saturated rings. The summed E-state index contributed by atoms with van der Waals surface area (Å²) >= 11 is 0. The summed E-state index contributed by atoms with van der Waals surface area (Å²) < 4.78 is 0. The van der Waals surface area contributed by atoms with Crippen LogP contribution in [0, 0.1) is 11.3 Å². The number of carbonyl (C=O) groups is 1. The summed E-state index contributed by atoms with van der Waals surface area (Å²) in [7, 11) is 3.38. The van der Waals surface area contributed by atoms with Crippen LogP contribution in [0.4, 0.5) is 0 Å². The predicted octanol–water partition coefficient (Wildman–Crippen LogP) is 0.233. The normalized spacial score (nSPS) is 5.45. The van der Waals surface area contributed by atoms with E-state index in [-0.39, 0.29) is 6.61 Å². The molecule has 0 aliphatic rings. The molecule has 0 saturated heterocycles. The molecule has 0 aromatic heterocycles. The van der Waals surface area contributed by atoms with Gasteiger partial charge in [-0.3, -0.25) is 4.79 Å². The lowest BCUT2D eigenvalue weighted by atomic mass is 10.9. The molecule has 0 aromatic carbocycles. The molecule has 0 rings (SSSR count). The molecule has 0 aromatic rings. The number of aliphatic hydroxyl groups is 1. The number of hydrogen-bond acceptors (Lipinski definition) is 3. The number of rotatable bonds is 1. The first kappa shape index (κ1) is 16.5. The zero-order valence-electron chi connectivity index (χ0n) is 7.53. The van der Waals surface area contributed by atoms with Crippen LogP contribution in [0.1, 0.15) is 13.8 Å². The fraction of sp³-hybridized carbons (Fsp3) is 0.714. The van der Waals surface area contributed by atoms with Crippen molar-refractivity contribution in [3.63, 3.8) is 0 Å². The van der Waals surface area contributed by atoms with Crippen molar-refractivity contribution in [2.75, 3.05) is 20.7 Å². The Hall–Kier alpha value is -1.08. The van der Waals surface area contributed by atoms with Gasteiger partial charge in [0, 0.05) is 27.6 Å². The van der Waals surface area contributed by atoms with E-state index in [4.69, 9.17) is 10.4 Å². The molecule has 0 heterocycles. The number of aliphatic hydroxyl groups excluding tert-OH is 1. The van der Waals surface area contributed by atoms with Gasteiger partial charge in [0.05, 0.1) is 6.07 Å². The van der Waals surface area contributed by atoms with Gasteiger partial charge in [0.1, 0.15) is 0 Å². The first-order chi connectivity index (χ1) is 5.10. The summed E-state index contributed by atoms with van der Waals surface area (Å²) in [5.74, 6) is 0. The van der Waals surface area contributed by atoms with Gasteiger partial charge in [-0.05, 0) is 6.92 Å². The highest BCUT2D eigenvalue weighted by molar-refractivity contribution is 5.45. The van der Waals surface area contributed by atoms with Crippen LogP contribution in [-0.2, 0) is 4.79 Å². The quantitative estimate of drug-likeness (QED) is 0.558. The fourth-order valence-corrected chi connectivity index (χ4v) is 0. The Morgan fingerprint density at radius 1 is 1.64 bits per heavy atom. The molecule has 0 atom stereocenters. The molecule has 0 saturated carbocycles. The number of nitrogens with zero attached hydrogens (tertiary/aromatic N) is 2. The van der Waals surface area contributed by atoms with E-state index in [2.05, 4.69) is 0 Å². The standard InChI is InChI=1S/C3H7NO.C2H3N.C2H6O/c1-4(2)3-5;2*1-2-3/h3H,1-2H3;1H3;3H,2H2,1H3. The Labute approximate surface area is 68.0 Å². The molecule has 1 amide bonds. The van der Waals surface area contributed by atoms with E-state index < -0.39 is 0 Å². The SMILES string of the molecule is CC#N.CCO.CN(C)C=O. The smallest absolute Gasteiger partial charge is 0.209 e. The van der Waals surface area contributed by atoms with Crippen LogP contribution in [-0.4, -0.2) is 37.1 Å². The Bertz CT molecular complexity index is 97.1. The monoisotopic (exact) mass is 160 g/mol. The summed E-state index contributed by atoms with van der Waals surface area (Å²) in [5, 5.41) is 14.9. The van der Waals surface area contributed by atoms with Gasteiger partial charge in [-0.25, -0.2) is 0 Å². The summed E-state index contributed by atoms with van der Waals surface area (Å²) in [6, 6.07) is 1.75. The summed E-state index contributed by atoms with van der Waals surface area (Å²) in [4.78, 5) is 10.9. The minimum Gasteiger partial charge on any atom is -0.397 e. The molecule has 11 heavy (non-hydrogen) atoms. The molecule has 0 aliphatic heterocycles. The molecule has 0 bridgehead atoms. The van der Waals surface area contributed by atoms with Crippen molar-refractivity contribution >= 4 is 6.41 Å². The number of nitriles is 1. The minimum absolute atomic E-state index is 0.250. The molecular weight excluding hydrogens is 144 g/mol. The van der Waals surface area contributed by atoms with Gasteiger partial charge in [0.15, 0.2) is 0 Å². The maximum atomic E-state index is 9.43. The lowest BCUT2D eigenvalue weighted by Crippen LogP contribution is -2.06. The average molecular weight is 160 g/mol. The van der Waals surface area contributed by atoms with Gasteiger partial charge in [-0.15, -0.1) is 0 Å². The zero-order chi connectivity index (χ0) is 9.70. The maximum absolute atomic E-state index is 9.43. The topological polar surface area (TPSA) is 64.3 Å². The van der Waals surface area contributed by atoms with E-state index in [1.165, 1.54) is 11.8 Å². The van der Waals surface area contributed by atoms with Crippen LogP contribution >= 0.6 is 0 Å². The van der Waals surface area contributed by atoms with E-state index in [0.29, 0.717) is 0 Å². The highest BCUT2D eigenvalue weighted by Crippen LogP contribution is 1.52. The lowest BCUT2D eigenvalue weighted by molar-refractivity contribution is -0.115. The Morgan fingerprint density at radius 2 is 1.73 bits per heavy atom. The fourth-order valence-electron chi connectivity index (χ4n) is 0. The molecular formula is C7H16N2O2. The second kappa shape index (κ2) is 23.1. The summed E-state index contributed by atoms with van der Waals surface area (Å²) in [6.07, 6.45) is 0.750. The van der Waals surface area contributed by atoms with Gasteiger partial charge in [0.25, 0.3) is 0 Å². The number of hydrogen-bond donors (Lipinski definition) is 1. The van der Waals surface area contributed by atoms with Crippen molar-refractivity contribution in [3.05, 3.63) is 0 Å². The average Bonchev–Trinajstić information content (AvgIpc) is 1.91. The summed E-state index contributed by atoms with van der Waals surface area (Å²) in [5.41, 5.74) is 0. The van der Waals surface area contributed by atoms with Crippen molar-refractivity contribution in [3.8, 4) is 6.07 Å². The third kappa shape index (κ3) is 505. The van der Waals surface area contributed by atoms with Gasteiger partial charge < -0.3 is 10.0 Å². The van der Waals surface area contributed by atoms with Crippen molar-refractivity contribution in [2.45, 2.75) is 13.8 Å². The van der Waals surface area contributed by atoms with Crippen LogP contribution in [0.3, 0.4) is 0 Å². The first-order valence-electron chi connectivity index (χ1n) is 3.14.